The lowest BCUT2D eigenvalue weighted by Gasteiger charge is -2.28. The Morgan fingerprint density at radius 1 is 1.38 bits per heavy atom. The molecule has 0 radical (unpaired) electrons. The number of aliphatic hydroxyl groups is 1. The molecule has 0 bridgehead atoms. The van der Waals surface area contributed by atoms with Crippen LogP contribution in [0, 0.1) is 6.92 Å². The Morgan fingerprint density at radius 3 is 2.62 bits per heavy atom. The van der Waals surface area contributed by atoms with Crippen molar-refractivity contribution < 1.29 is 5.11 Å². The fourth-order valence-electron chi connectivity index (χ4n) is 1.53. The van der Waals surface area contributed by atoms with Crippen LogP contribution < -0.4 is 5.32 Å². The van der Waals surface area contributed by atoms with E-state index >= 15 is 0 Å². The van der Waals surface area contributed by atoms with E-state index in [1.807, 2.05) is 0 Å². The summed E-state index contributed by atoms with van der Waals surface area (Å²) in [4.78, 5) is 1.29. The van der Waals surface area contributed by atoms with Gasteiger partial charge in [0.15, 0.2) is 0 Å². The van der Waals surface area contributed by atoms with E-state index in [0.717, 1.165) is 12.3 Å². The van der Waals surface area contributed by atoms with Crippen molar-refractivity contribution in [2.24, 2.45) is 0 Å². The molecule has 0 aliphatic heterocycles. The van der Waals surface area contributed by atoms with Gasteiger partial charge in [0, 0.05) is 16.2 Å². The van der Waals surface area contributed by atoms with Gasteiger partial charge in [-0.2, -0.15) is 0 Å². The summed E-state index contributed by atoms with van der Waals surface area (Å²) in [6.07, 6.45) is 0. The van der Waals surface area contributed by atoms with Crippen LogP contribution in [0.4, 0.5) is 0 Å². The number of aliphatic hydroxyl groups excluding tert-OH is 1. The molecule has 0 aromatic heterocycles. The molecule has 1 atom stereocenters. The van der Waals surface area contributed by atoms with E-state index in [-0.39, 0.29) is 12.1 Å². The minimum absolute atomic E-state index is 0.166. The van der Waals surface area contributed by atoms with E-state index in [9.17, 15) is 5.11 Å². The molecule has 0 spiro atoms. The highest BCUT2D eigenvalue weighted by atomic mass is 32.2. The van der Waals surface area contributed by atoms with Gasteiger partial charge in [-0.25, -0.2) is 0 Å². The summed E-state index contributed by atoms with van der Waals surface area (Å²) in [5, 5.41) is 12.7. The standard InChI is InChI=1S/C13H21NOS/c1-4-14-13(3,9-15)10-16-12-8-6-5-7-11(12)2/h5-8,14-15H,4,9-10H2,1-3H3. The van der Waals surface area contributed by atoms with Crippen molar-refractivity contribution in [2.75, 3.05) is 18.9 Å². The number of aryl methyl sites for hydroxylation is 1. The van der Waals surface area contributed by atoms with Gasteiger partial charge in [-0.05, 0) is 32.0 Å². The van der Waals surface area contributed by atoms with Gasteiger partial charge in [0.2, 0.25) is 0 Å². The molecule has 2 nitrogen and oxygen atoms in total. The molecule has 1 aromatic rings. The summed E-state index contributed by atoms with van der Waals surface area (Å²) >= 11 is 1.80. The highest BCUT2D eigenvalue weighted by Crippen LogP contribution is 2.25. The van der Waals surface area contributed by atoms with Gasteiger partial charge in [-0.3, -0.25) is 0 Å². The number of likely N-dealkylation sites (N-methyl/N-ethyl adjacent to an activating group) is 1. The molecule has 0 amide bonds. The molecule has 0 fully saturated rings. The predicted octanol–water partition coefficient (Wildman–Crippen LogP) is 2.45. The molecule has 3 heteroatoms. The molecule has 1 rings (SSSR count). The van der Waals surface area contributed by atoms with Gasteiger partial charge in [-0.15, -0.1) is 11.8 Å². The minimum atomic E-state index is -0.193. The van der Waals surface area contributed by atoms with Gasteiger partial charge in [-0.1, -0.05) is 25.1 Å². The van der Waals surface area contributed by atoms with Crippen LogP contribution >= 0.6 is 11.8 Å². The molecule has 0 aliphatic rings. The zero-order valence-corrected chi connectivity index (χ0v) is 11.1. The van der Waals surface area contributed by atoms with Crippen molar-refractivity contribution in [1.82, 2.24) is 5.32 Å². The van der Waals surface area contributed by atoms with Crippen molar-refractivity contribution in [2.45, 2.75) is 31.2 Å². The van der Waals surface area contributed by atoms with Crippen molar-refractivity contribution in [1.29, 1.82) is 0 Å². The third kappa shape index (κ3) is 3.81. The molecule has 1 unspecified atom stereocenters. The van der Waals surface area contributed by atoms with Crippen LogP contribution in [0.25, 0.3) is 0 Å². The van der Waals surface area contributed by atoms with Crippen molar-refractivity contribution in [3.05, 3.63) is 29.8 Å². The van der Waals surface area contributed by atoms with Crippen LogP contribution in [0.2, 0.25) is 0 Å². The number of thioether (sulfide) groups is 1. The van der Waals surface area contributed by atoms with Crippen molar-refractivity contribution in [3.8, 4) is 0 Å². The molecule has 0 saturated heterocycles. The van der Waals surface area contributed by atoms with Crippen LogP contribution in [0.1, 0.15) is 19.4 Å². The average Bonchev–Trinajstić information content (AvgIpc) is 2.28. The summed E-state index contributed by atoms with van der Waals surface area (Å²) in [6, 6.07) is 8.35. The fourth-order valence-corrected chi connectivity index (χ4v) is 2.67. The Labute approximate surface area is 102 Å². The Kier molecular flexibility index (Phi) is 5.32. The zero-order valence-electron chi connectivity index (χ0n) is 10.3. The third-order valence-electron chi connectivity index (χ3n) is 2.59. The maximum Gasteiger partial charge on any atom is 0.0618 e. The number of benzene rings is 1. The molecule has 0 saturated carbocycles. The van der Waals surface area contributed by atoms with Gasteiger partial charge in [0.25, 0.3) is 0 Å². The maximum atomic E-state index is 9.39. The first-order chi connectivity index (χ1) is 7.61. The Hall–Kier alpha value is -0.510. The molecule has 0 heterocycles. The van der Waals surface area contributed by atoms with E-state index in [2.05, 4.69) is 50.4 Å². The lowest BCUT2D eigenvalue weighted by Crippen LogP contribution is -2.47. The molecule has 0 aliphatic carbocycles. The van der Waals surface area contributed by atoms with Crippen molar-refractivity contribution in [3.63, 3.8) is 0 Å². The second-order valence-corrected chi connectivity index (χ2v) is 5.32. The average molecular weight is 239 g/mol. The molecule has 16 heavy (non-hydrogen) atoms. The van der Waals surface area contributed by atoms with Crippen LogP contribution in [-0.4, -0.2) is 29.5 Å². The first-order valence-corrected chi connectivity index (χ1v) is 6.64. The third-order valence-corrected chi connectivity index (χ3v) is 4.14. The lowest BCUT2D eigenvalue weighted by atomic mass is 10.1. The molecule has 2 N–H and O–H groups in total. The summed E-state index contributed by atoms with van der Waals surface area (Å²) in [6.45, 7) is 7.28. The predicted molar refractivity (Wildman–Crippen MR) is 71.1 cm³/mol. The first-order valence-electron chi connectivity index (χ1n) is 5.65. The molecular formula is C13H21NOS. The Balaban J connectivity index is 2.59. The zero-order chi connectivity index (χ0) is 12.0. The normalized spacial score (nSPS) is 14.8. The van der Waals surface area contributed by atoms with Gasteiger partial charge in [0.05, 0.1) is 6.61 Å². The summed E-state index contributed by atoms with van der Waals surface area (Å²) in [5.74, 6) is 0.877. The number of nitrogens with one attached hydrogen (secondary N) is 1. The quantitative estimate of drug-likeness (QED) is 0.748. The number of hydrogen-bond acceptors (Lipinski definition) is 3. The van der Waals surface area contributed by atoms with Crippen LogP contribution in [0.3, 0.4) is 0 Å². The van der Waals surface area contributed by atoms with E-state index < -0.39 is 0 Å². The molecule has 1 aromatic carbocycles. The molecule has 90 valence electrons. The second kappa shape index (κ2) is 6.28. The number of rotatable bonds is 6. The van der Waals surface area contributed by atoms with Crippen LogP contribution in [0.15, 0.2) is 29.2 Å². The van der Waals surface area contributed by atoms with Crippen LogP contribution in [-0.2, 0) is 0 Å². The van der Waals surface area contributed by atoms with E-state index in [4.69, 9.17) is 0 Å². The van der Waals surface area contributed by atoms with Crippen LogP contribution in [0.5, 0.6) is 0 Å². The lowest BCUT2D eigenvalue weighted by molar-refractivity contribution is 0.194. The largest absolute Gasteiger partial charge is 0.394 e. The summed E-state index contributed by atoms with van der Waals surface area (Å²) in [7, 11) is 0. The topological polar surface area (TPSA) is 32.3 Å². The Bertz CT molecular complexity index is 329. The summed E-state index contributed by atoms with van der Waals surface area (Å²) in [5.41, 5.74) is 1.10. The highest BCUT2D eigenvalue weighted by Gasteiger charge is 2.22. The second-order valence-electron chi connectivity index (χ2n) is 4.30. The van der Waals surface area contributed by atoms with Gasteiger partial charge < -0.3 is 10.4 Å². The minimum Gasteiger partial charge on any atom is -0.394 e. The fraction of sp³-hybridized carbons (Fsp3) is 0.538. The van der Waals surface area contributed by atoms with Crippen molar-refractivity contribution >= 4 is 11.8 Å². The smallest absolute Gasteiger partial charge is 0.0618 e. The first kappa shape index (κ1) is 13.6. The SMILES string of the molecule is CCNC(C)(CO)CSc1ccccc1C. The highest BCUT2D eigenvalue weighted by molar-refractivity contribution is 7.99. The van der Waals surface area contributed by atoms with E-state index in [1.54, 1.807) is 11.8 Å². The van der Waals surface area contributed by atoms with E-state index in [1.165, 1.54) is 10.5 Å². The molecular weight excluding hydrogens is 218 g/mol. The van der Waals surface area contributed by atoms with E-state index in [0.29, 0.717) is 0 Å². The van der Waals surface area contributed by atoms with Gasteiger partial charge >= 0.3 is 0 Å². The Morgan fingerprint density at radius 2 is 2.06 bits per heavy atom. The number of hydrogen-bond donors (Lipinski definition) is 2. The maximum absolute atomic E-state index is 9.39. The monoisotopic (exact) mass is 239 g/mol. The van der Waals surface area contributed by atoms with Gasteiger partial charge in [0.1, 0.15) is 0 Å². The summed E-state index contributed by atoms with van der Waals surface area (Å²) < 4.78 is 0.